The zero-order valence-corrected chi connectivity index (χ0v) is 4.40. The lowest BCUT2D eigenvalue weighted by atomic mass is 10.4. The van der Waals surface area contributed by atoms with Crippen LogP contribution in [0.2, 0.25) is 0 Å². The van der Waals surface area contributed by atoms with Crippen LogP contribution in [0.5, 0.6) is 0 Å². The van der Waals surface area contributed by atoms with Gasteiger partial charge < -0.3 is 15.0 Å². The number of halogens is 1. The molecule has 4 heteroatoms. The molecule has 42 valence electrons. The topological polar surface area (TPSA) is 60.4 Å². The van der Waals surface area contributed by atoms with Crippen LogP contribution in [0.1, 0.15) is 6.92 Å². The fraction of sp³-hybridized carbons (Fsp3) is 0.667. The third-order valence-corrected chi connectivity index (χ3v) is 0.527. The van der Waals surface area contributed by atoms with Crippen LogP contribution in [0.25, 0.3) is 0 Å². The van der Waals surface area contributed by atoms with Gasteiger partial charge in [-0.15, -0.1) is 0 Å². The van der Waals surface area contributed by atoms with Gasteiger partial charge >= 0.3 is 0 Å². The Bertz CT molecular complexity index is 82.7. The third kappa shape index (κ3) is 2.42. The maximum Gasteiger partial charge on any atom is 0.175 e. The van der Waals surface area contributed by atoms with Crippen LogP contribution in [-0.2, 0) is 4.79 Å². The number of hydrogen-bond acceptors (Lipinski definition) is 3. The summed E-state index contributed by atoms with van der Waals surface area (Å²) in [5.41, 5.74) is 0. The van der Waals surface area contributed by atoms with E-state index in [1.165, 1.54) is 0 Å². The second-order valence-electron chi connectivity index (χ2n) is 1.24. The van der Waals surface area contributed by atoms with Crippen LogP contribution in [-0.4, -0.2) is 16.1 Å². The van der Waals surface area contributed by atoms with Crippen LogP contribution in [0.3, 0.4) is 0 Å². The molecule has 1 atom stereocenters. The van der Waals surface area contributed by atoms with Gasteiger partial charge in [-0.05, 0) is 6.92 Å². The maximum atomic E-state index is 9.53. The molecule has 0 saturated carbocycles. The predicted octanol–water partition coefficient (Wildman–Crippen LogP) is -1.32. The molecule has 0 aliphatic heterocycles. The van der Waals surface area contributed by atoms with Gasteiger partial charge in [0.15, 0.2) is 5.06 Å². The molecule has 0 amide bonds. The van der Waals surface area contributed by atoms with Gasteiger partial charge in [-0.1, -0.05) is 11.6 Å². The first-order valence-corrected chi connectivity index (χ1v) is 1.95. The molecule has 0 radical (unpaired) electrons. The lowest BCUT2D eigenvalue weighted by Gasteiger charge is -2.13. The Morgan fingerprint density at radius 1 is 2.00 bits per heavy atom. The molecule has 0 spiro atoms. The summed E-state index contributed by atoms with van der Waals surface area (Å²) in [6.07, 6.45) is 0. The van der Waals surface area contributed by atoms with E-state index in [0.717, 1.165) is 6.92 Å². The summed E-state index contributed by atoms with van der Waals surface area (Å²) >= 11 is 4.76. The van der Waals surface area contributed by atoms with Crippen molar-refractivity contribution >= 4 is 17.6 Å². The molecule has 0 aromatic heterocycles. The van der Waals surface area contributed by atoms with E-state index in [9.17, 15) is 9.90 Å². The van der Waals surface area contributed by atoms with Crippen molar-refractivity contribution in [2.75, 3.05) is 0 Å². The van der Waals surface area contributed by atoms with E-state index in [2.05, 4.69) is 0 Å². The van der Waals surface area contributed by atoms with Crippen molar-refractivity contribution in [2.45, 2.75) is 12.0 Å². The van der Waals surface area contributed by atoms with Gasteiger partial charge in [0.05, 0.1) is 5.97 Å². The Kier molecular flexibility index (Phi) is 1.61. The Morgan fingerprint density at radius 2 is 2.14 bits per heavy atom. The quantitative estimate of drug-likeness (QED) is 0.440. The average Bonchev–Trinajstić information content (AvgIpc) is 1.31. The summed E-state index contributed by atoms with van der Waals surface area (Å²) in [5, 5.41) is 15.5. The first-order valence-electron chi connectivity index (χ1n) is 1.57. The molecule has 0 aromatic carbocycles. The molecule has 0 saturated heterocycles. The molecular weight excluding hydrogens is 119 g/mol. The number of hydrogen-bond donors (Lipinski definition) is 1. The normalized spacial score (nSPS) is 18.1. The molecule has 0 aromatic rings. The number of rotatable bonds is 1. The van der Waals surface area contributed by atoms with E-state index in [0.29, 0.717) is 0 Å². The Morgan fingerprint density at radius 3 is 2.14 bits per heavy atom. The SMILES string of the molecule is CC(O)(Cl)C(=O)[O-]. The minimum absolute atomic E-state index is 0.921. The number of aliphatic hydroxyl groups is 1. The standard InChI is InChI=1S/C3H5ClO3/c1-3(4,7)2(5)6/h7H,1H3,(H,5,6)/p-1. The van der Waals surface area contributed by atoms with Gasteiger partial charge in [0, 0.05) is 0 Å². The molecule has 0 aliphatic rings. The van der Waals surface area contributed by atoms with E-state index in [4.69, 9.17) is 16.7 Å². The highest BCUT2D eigenvalue weighted by Gasteiger charge is 2.15. The third-order valence-electron chi connectivity index (χ3n) is 0.373. The fourth-order valence-electron chi connectivity index (χ4n) is 0. The van der Waals surface area contributed by atoms with Crippen molar-refractivity contribution in [1.82, 2.24) is 0 Å². The van der Waals surface area contributed by atoms with Crippen LogP contribution < -0.4 is 5.11 Å². The highest BCUT2D eigenvalue weighted by atomic mass is 35.5. The summed E-state index contributed by atoms with van der Waals surface area (Å²) in [6.45, 7) is 0.921. The van der Waals surface area contributed by atoms with Crippen LogP contribution in [0.15, 0.2) is 0 Å². The van der Waals surface area contributed by atoms with E-state index < -0.39 is 11.0 Å². The summed E-state index contributed by atoms with van der Waals surface area (Å²) < 4.78 is 0. The van der Waals surface area contributed by atoms with Crippen molar-refractivity contribution in [2.24, 2.45) is 0 Å². The molecule has 3 nitrogen and oxygen atoms in total. The number of aliphatic carboxylic acids is 1. The van der Waals surface area contributed by atoms with E-state index >= 15 is 0 Å². The Labute approximate surface area is 45.5 Å². The van der Waals surface area contributed by atoms with Gasteiger partial charge in [0.1, 0.15) is 0 Å². The van der Waals surface area contributed by atoms with Crippen LogP contribution in [0.4, 0.5) is 0 Å². The van der Waals surface area contributed by atoms with Gasteiger partial charge in [-0.25, -0.2) is 0 Å². The molecule has 1 N–H and O–H groups in total. The molecule has 0 aliphatic carbocycles. The van der Waals surface area contributed by atoms with Gasteiger partial charge in [-0.3, -0.25) is 0 Å². The van der Waals surface area contributed by atoms with Gasteiger partial charge in [0.2, 0.25) is 0 Å². The van der Waals surface area contributed by atoms with Crippen molar-refractivity contribution < 1.29 is 15.0 Å². The molecule has 0 heterocycles. The predicted molar refractivity (Wildman–Crippen MR) is 21.5 cm³/mol. The minimum atomic E-state index is -2.22. The summed E-state index contributed by atoms with van der Waals surface area (Å²) in [5.74, 6) is -1.69. The highest BCUT2D eigenvalue weighted by molar-refractivity contribution is 6.31. The van der Waals surface area contributed by atoms with E-state index in [1.807, 2.05) is 0 Å². The zero-order valence-electron chi connectivity index (χ0n) is 3.64. The van der Waals surface area contributed by atoms with Gasteiger partial charge in [0.25, 0.3) is 0 Å². The fourth-order valence-corrected chi connectivity index (χ4v) is 0. The monoisotopic (exact) mass is 123 g/mol. The van der Waals surface area contributed by atoms with Crippen molar-refractivity contribution in [3.63, 3.8) is 0 Å². The largest absolute Gasteiger partial charge is 0.546 e. The first kappa shape index (κ1) is 6.72. The molecule has 0 fully saturated rings. The number of carbonyl (C=O) groups is 1. The molecular formula is C3H4ClO3-. The maximum absolute atomic E-state index is 9.53. The second kappa shape index (κ2) is 1.68. The smallest absolute Gasteiger partial charge is 0.175 e. The molecule has 1 unspecified atom stereocenters. The summed E-state index contributed by atoms with van der Waals surface area (Å²) in [6, 6.07) is 0. The second-order valence-corrected chi connectivity index (χ2v) is 1.98. The number of carbonyl (C=O) groups excluding carboxylic acids is 1. The van der Waals surface area contributed by atoms with Crippen molar-refractivity contribution in [3.8, 4) is 0 Å². The molecule has 7 heavy (non-hydrogen) atoms. The summed E-state index contributed by atoms with van der Waals surface area (Å²) in [4.78, 5) is 9.53. The van der Waals surface area contributed by atoms with Crippen molar-refractivity contribution in [1.29, 1.82) is 0 Å². The number of carboxylic acid groups (broad SMARTS) is 1. The lowest BCUT2D eigenvalue weighted by molar-refractivity contribution is -0.317. The minimum Gasteiger partial charge on any atom is -0.546 e. The zero-order chi connectivity index (χ0) is 6.08. The van der Waals surface area contributed by atoms with Crippen LogP contribution in [0, 0.1) is 0 Å². The number of carboxylic acids is 1. The van der Waals surface area contributed by atoms with Gasteiger partial charge in [-0.2, -0.15) is 0 Å². The van der Waals surface area contributed by atoms with Crippen molar-refractivity contribution in [3.05, 3.63) is 0 Å². The summed E-state index contributed by atoms with van der Waals surface area (Å²) in [7, 11) is 0. The number of alkyl halides is 1. The van der Waals surface area contributed by atoms with Crippen LogP contribution >= 0.6 is 11.6 Å². The average molecular weight is 124 g/mol. The Hall–Kier alpha value is -0.280. The lowest BCUT2D eigenvalue weighted by Crippen LogP contribution is -2.41. The molecule has 0 rings (SSSR count). The first-order chi connectivity index (χ1) is 2.94. The highest BCUT2D eigenvalue weighted by Crippen LogP contribution is 2.05. The Balaban J connectivity index is 3.79. The van der Waals surface area contributed by atoms with E-state index in [1.54, 1.807) is 0 Å². The molecule has 0 bridgehead atoms. The van der Waals surface area contributed by atoms with E-state index in [-0.39, 0.29) is 0 Å².